The minimum atomic E-state index is -0.0855. The molecule has 0 aromatic carbocycles. The Morgan fingerprint density at radius 2 is 2.37 bits per heavy atom. The van der Waals surface area contributed by atoms with Gasteiger partial charge in [0.1, 0.15) is 12.3 Å². The van der Waals surface area contributed by atoms with Gasteiger partial charge in [-0.2, -0.15) is 5.10 Å². The van der Waals surface area contributed by atoms with Gasteiger partial charge in [-0.15, -0.1) is 0 Å². The summed E-state index contributed by atoms with van der Waals surface area (Å²) < 4.78 is 7.74. The molecule has 2 heterocycles. The second-order valence-electron chi connectivity index (χ2n) is 4.11. The van der Waals surface area contributed by atoms with Gasteiger partial charge in [-0.05, 0) is 35.0 Å². The molecule has 6 nitrogen and oxygen atoms in total. The quantitative estimate of drug-likeness (QED) is 0.883. The summed E-state index contributed by atoms with van der Waals surface area (Å²) in [6.45, 7) is 2.19. The number of carbonyl (C=O) groups excluding carboxylic acids is 1. The summed E-state index contributed by atoms with van der Waals surface area (Å²) in [6.07, 6.45) is 3.46. The van der Waals surface area contributed by atoms with Crippen molar-refractivity contribution in [1.82, 2.24) is 15.1 Å². The number of nitrogens with one attached hydrogen (secondary N) is 2. The maximum atomic E-state index is 11.2. The molecule has 7 heteroatoms. The normalized spacial score (nSPS) is 12.2. The van der Waals surface area contributed by atoms with E-state index >= 15 is 0 Å². The van der Waals surface area contributed by atoms with Crippen LogP contribution in [0.1, 0.15) is 18.7 Å². The lowest BCUT2D eigenvalue weighted by atomic mass is 10.2. The summed E-state index contributed by atoms with van der Waals surface area (Å²) in [5.74, 6) is 0.739. The highest BCUT2D eigenvalue weighted by molar-refractivity contribution is 9.10. The summed E-state index contributed by atoms with van der Waals surface area (Å²) in [5.41, 5.74) is 0.837. The smallest absolute Gasteiger partial charge is 0.241 e. The fourth-order valence-corrected chi connectivity index (χ4v) is 1.95. The van der Waals surface area contributed by atoms with Gasteiger partial charge in [0.2, 0.25) is 5.91 Å². The van der Waals surface area contributed by atoms with E-state index in [0.29, 0.717) is 4.67 Å². The lowest BCUT2D eigenvalue weighted by Gasteiger charge is -2.10. The summed E-state index contributed by atoms with van der Waals surface area (Å²) in [5, 5.41) is 9.91. The molecule has 0 fully saturated rings. The third kappa shape index (κ3) is 3.60. The number of furan rings is 1. The van der Waals surface area contributed by atoms with Gasteiger partial charge in [0.15, 0.2) is 4.67 Å². The minimum absolute atomic E-state index is 0.0175. The predicted octanol–water partition coefficient (Wildman–Crippen LogP) is 2.16. The van der Waals surface area contributed by atoms with E-state index in [1.54, 1.807) is 24.1 Å². The number of nitrogens with zero attached hydrogens (tertiary/aromatic N) is 2. The number of rotatable bonds is 5. The maximum absolute atomic E-state index is 11.2. The Morgan fingerprint density at radius 1 is 1.58 bits per heavy atom. The maximum Gasteiger partial charge on any atom is 0.241 e. The molecule has 2 aromatic heterocycles. The van der Waals surface area contributed by atoms with Crippen LogP contribution in [0.25, 0.3) is 0 Å². The Labute approximate surface area is 119 Å². The Bertz CT molecular complexity index is 564. The molecule has 0 radical (unpaired) electrons. The third-order valence-corrected chi connectivity index (χ3v) is 3.05. The van der Waals surface area contributed by atoms with Crippen molar-refractivity contribution in [2.45, 2.75) is 19.5 Å². The highest BCUT2D eigenvalue weighted by atomic mass is 79.9. The summed E-state index contributed by atoms with van der Waals surface area (Å²) in [4.78, 5) is 11.2. The van der Waals surface area contributed by atoms with E-state index in [-0.39, 0.29) is 18.5 Å². The molecule has 0 saturated carbocycles. The van der Waals surface area contributed by atoms with E-state index in [1.807, 2.05) is 19.1 Å². The summed E-state index contributed by atoms with van der Waals surface area (Å²) in [7, 11) is 1.60. The Morgan fingerprint density at radius 3 is 3.00 bits per heavy atom. The minimum Gasteiger partial charge on any atom is -0.452 e. The molecule has 0 bridgehead atoms. The number of hydrogen-bond donors (Lipinski definition) is 2. The predicted molar refractivity (Wildman–Crippen MR) is 74.7 cm³/mol. The van der Waals surface area contributed by atoms with Crippen molar-refractivity contribution in [2.24, 2.45) is 0 Å². The van der Waals surface area contributed by atoms with Crippen molar-refractivity contribution in [2.75, 3.05) is 12.4 Å². The van der Waals surface area contributed by atoms with Crippen molar-refractivity contribution in [3.05, 3.63) is 35.0 Å². The fraction of sp³-hybridized carbons (Fsp3) is 0.333. The second kappa shape index (κ2) is 5.92. The standard InChI is InChI=1S/C12H15BrN4O2/c1-8(10-3-4-11(13)19-10)16-9-5-15-17(6-9)7-12(18)14-2/h3-6,8,16H,7H2,1-2H3,(H,14,18). The zero-order valence-electron chi connectivity index (χ0n) is 10.7. The molecule has 2 N–H and O–H groups in total. The highest BCUT2D eigenvalue weighted by Gasteiger charge is 2.11. The molecule has 0 spiro atoms. The van der Waals surface area contributed by atoms with Crippen LogP contribution in [0.15, 0.2) is 33.6 Å². The molecular formula is C12H15BrN4O2. The molecule has 0 saturated heterocycles. The van der Waals surface area contributed by atoms with Gasteiger partial charge >= 0.3 is 0 Å². The molecule has 102 valence electrons. The number of halogens is 1. The van der Waals surface area contributed by atoms with Crippen molar-refractivity contribution >= 4 is 27.5 Å². The van der Waals surface area contributed by atoms with Gasteiger partial charge in [-0.3, -0.25) is 9.48 Å². The Hall–Kier alpha value is -1.76. The Kier molecular flexibility index (Phi) is 4.26. The largest absolute Gasteiger partial charge is 0.452 e. The van der Waals surface area contributed by atoms with Crippen LogP contribution in [-0.4, -0.2) is 22.7 Å². The fourth-order valence-electron chi connectivity index (χ4n) is 1.63. The van der Waals surface area contributed by atoms with Crippen molar-refractivity contribution in [3.8, 4) is 0 Å². The summed E-state index contributed by atoms with van der Waals surface area (Å²) in [6, 6.07) is 3.77. The van der Waals surface area contributed by atoms with E-state index in [4.69, 9.17) is 4.42 Å². The molecule has 19 heavy (non-hydrogen) atoms. The van der Waals surface area contributed by atoms with Crippen LogP contribution < -0.4 is 10.6 Å². The molecule has 1 unspecified atom stereocenters. The van der Waals surface area contributed by atoms with Gasteiger partial charge in [0, 0.05) is 13.2 Å². The van der Waals surface area contributed by atoms with Crippen molar-refractivity contribution in [3.63, 3.8) is 0 Å². The van der Waals surface area contributed by atoms with Gasteiger partial charge in [0.05, 0.1) is 17.9 Å². The lowest BCUT2D eigenvalue weighted by Crippen LogP contribution is -2.23. The average molecular weight is 327 g/mol. The van der Waals surface area contributed by atoms with E-state index in [2.05, 4.69) is 31.7 Å². The zero-order valence-corrected chi connectivity index (χ0v) is 12.3. The topological polar surface area (TPSA) is 72.1 Å². The van der Waals surface area contributed by atoms with Crippen LogP contribution >= 0.6 is 15.9 Å². The number of amides is 1. The number of hydrogen-bond acceptors (Lipinski definition) is 4. The van der Waals surface area contributed by atoms with Gasteiger partial charge in [-0.1, -0.05) is 0 Å². The van der Waals surface area contributed by atoms with Crippen LogP contribution in [0.2, 0.25) is 0 Å². The zero-order chi connectivity index (χ0) is 13.8. The number of anilines is 1. The molecule has 0 aliphatic heterocycles. The highest BCUT2D eigenvalue weighted by Crippen LogP contribution is 2.23. The molecular weight excluding hydrogens is 312 g/mol. The van der Waals surface area contributed by atoms with Crippen LogP contribution in [0.5, 0.6) is 0 Å². The average Bonchev–Trinajstić information content (AvgIpc) is 2.98. The monoisotopic (exact) mass is 326 g/mol. The van der Waals surface area contributed by atoms with Crippen molar-refractivity contribution in [1.29, 1.82) is 0 Å². The molecule has 0 aliphatic rings. The van der Waals surface area contributed by atoms with Gasteiger partial charge in [-0.25, -0.2) is 0 Å². The van der Waals surface area contributed by atoms with Crippen LogP contribution in [0, 0.1) is 0 Å². The molecule has 1 amide bonds. The molecule has 2 rings (SSSR count). The number of carbonyl (C=O) groups is 1. The molecule has 0 aliphatic carbocycles. The van der Waals surface area contributed by atoms with E-state index < -0.39 is 0 Å². The number of aromatic nitrogens is 2. The van der Waals surface area contributed by atoms with Gasteiger partial charge in [0.25, 0.3) is 0 Å². The first-order valence-electron chi connectivity index (χ1n) is 5.83. The van der Waals surface area contributed by atoms with E-state index in [0.717, 1.165) is 11.4 Å². The van der Waals surface area contributed by atoms with Crippen molar-refractivity contribution < 1.29 is 9.21 Å². The van der Waals surface area contributed by atoms with Crippen LogP contribution in [0.3, 0.4) is 0 Å². The second-order valence-corrected chi connectivity index (χ2v) is 4.89. The van der Waals surface area contributed by atoms with Crippen LogP contribution in [0.4, 0.5) is 5.69 Å². The first-order chi connectivity index (χ1) is 9.08. The first-order valence-corrected chi connectivity index (χ1v) is 6.62. The van der Waals surface area contributed by atoms with E-state index in [1.165, 1.54) is 0 Å². The number of likely N-dealkylation sites (N-methyl/N-ethyl adjacent to an activating group) is 1. The van der Waals surface area contributed by atoms with E-state index in [9.17, 15) is 4.79 Å². The van der Waals surface area contributed by atoms with Crippen LogP contribution in [-0.2, 0) is 11.3 Å². The SMILES string of the molecule is CNC(=O)Cn1cc(NC(C)c2ccc(Br)o2)cn1. The van der Waals surface area contributed by atoms with Gasteiger partial charge < -0.3 is 15.1 Å². The lowest BCUT2D eigenvalue weighted by molar-refractivity contribution is -0.121. The summed E-state index contributed by atoms with van der Waals surface area (Å²) >= 11 is 3.27. The third-order valence-electron chi connectivity index (χ3n) is 2.62. The molecule has 1 atom stereocenters. The first kappa shape index (κ1) is 13.7. The Balaban J connectivity index is 1.98. The molecule has 2 aromatic rings.